The van der Waals surface area contributed by atoms with Crippen LogP contribution in [0.3, 0.4) is 0 Å². The number of amides is 2. The van der Waals surface area contributed by atoms with E-state index in [1.165, 1.54) is 24.1 Å². The zero-order chi connectivity index (χ0) is 21.6. The molecule has 4 rings (SSSR count). The molecule has 0 fully saturated rings. The number of carbonyl (C=O) groups excluding carboxylic acids is 1. The van der Waals surface area contributed by atoms with Crippen molar-refractivity contribution < 1.29 is 22.7 Å². The van der Waals surface area contributed by atoms with E-state index >= 15 is 0 Å². The molecule has 2 aromatic carbocycles. The summed E-state index contributed by atoms with van der Waals surface area (Å²) in [6, 6.07) is 4.24. The Morgan fingerprint density at radius 1 is 1.17 bits per heavy atom. The van der Waals surface area contributed by atoms with E-state index in [1.54, 1.807) is 0 Å². The lowest BCUT2D eigenvalue weighted by Crippen LogP contribution is -2.39. The Morgan fingerprint density at radius 3 is 2.57 bits per heavy atom. The van der Waals surface area contributed by atoms with Gasteiger partial charge in [-0.15, -0.1) is 0 Å². The first kappa shape index (κ1) is 20.2. The predicted octanol–water partition coefficient (Wildman–Crippen LogP) is 4.33. The van der Waals surface area contributed by atoms with Crippen molar-refractivity contribution in [2.75, 3.05) is 19.0 Å². The zero-order valence-corrected chi connectivity index (χ0v) is 16.3. The van der Waals surface area contributed by atoms with Gasteiger partial charge in [0, 0.05) is 24.0 Å². The van der Waals surface area contributed by atoms with Crippen molar-refractivity contribution >= 4 is 34.1 Å². The molecule has 1 atom stereocenters. The lowest BCUT2D eigenvalue weighted by Gasteiger charge is -2.33. The molecule has 30 heavy (non-hydrogen) atoms. The molecule has 10 heteroatoms. The number of benzene rings is 2. The molecule has 1 aromatic heterocycles. The minimum atomic E-state index is -1.14. The summed E-state index contributed by atoms with van der Waals surface area (Å²) in [5, 5.41) is 2.61. The van der Waals surface area contributed by atoms with E-state index in [1.807, 2.05) is 0 Å². The average molecular weight is 438 g/mol. The number of urea groups is 1. The maximum absolute atomic E-state index is 13.9. The van der Waals surface area contributed by atoms with E-state index in [0.717, 1.165) is 18.2 Å². The minimum Gasteiger partial charge on any atom is -0.373 e. The molecule has 0 saturated carbocycles. The first-order valence-electron chi connectivity index (χ1n) is 8.86. The molecule has 0 saturated heterocycles. The van der Waals surface area contributed by atoms with Crippen LogP contribution in [-0.2, 0) is 11.3 Å². The number of aromatic nitrogens is 1. The molecule has 2 heterocycles. The molecular weight excluding hydrogens is 423 g/mol. The van der Waals surface area contributed by atoms with Gasteiger partial charge in [0.25, 0.3) is 5.56 Å². The molecule has 1 aliphatic heterocycles. The fourth-order valence-corrected chi connectivity index (χ4v) is 3.66. The van der Waals surface area contributed by atoms with Crippen molar-refractivity contribution in [2.24, 2.45) is 0 Å². The van der Waals surface area contributed by atoms with Crippen molar-refractivity contribution in [3.05, 3.63) is 74.4 Å². The Bertz CT molecular complexity index is 1230. The lowest BCUT2D eigenvalue weighted by molar-refractivity contribution is 0.0527. The summed E-state index contributed by atoms with van der Waals surface area (Å²) in [7, 11) is 1.49. The van der Waals surface area contributed by atoms with Crippen LogP contribution in [0.2, 0.25) is 5.02 Å². The van der Waals surface area contributed by atoms with E-state index in [4.69, 9.17) is 16.3 Å². The Labute approximate surface area is 173 Å². The second-order valence-corrected chi connectivity index (χ2v) is 7.27. The smallest absolute Gasteiger partial charge is 0.322 e. The fraction of sp³-hybridized carbons (Fsp3) is 0.200. The van der Waals surface area contributed by atoms with Crippen LogP contribution >= 0.6 is 11.6 Å². The Morgan fingerprint density at radius 2 is 1.87 bits per heavy atom. The van der Waals surface area contributed by atoms with Crippen LogP contribution in [0.15, 0.2) is 35.1 Å². The van der Waals surface area contributed by atoms with Gasteiger partial charge in [-0.1, -0.05) is 11.6 Å². The number of hydrogen-bond acceptors (Lipinski definition) is 3. The van der Waals surface area contributed by atoms with E-state index in [9.17, 15) is 22.8 Å². The second-order valence-electron chi connectivity index (χ2n) is 6.86. The number of nitrogens with one attached hydrogen (secondary N) is 2. The molecule has 0 radical (unpaired) electrons. The summed E-state index contributed by atoms with van der Waals surface area (Å²) < 4.78 is 46.5. The number of nitrogens with zero attached hydrogens (tertiary/aromatic N) is 1. The Hall–Kier alpha value is -3.04. The molecule has 156 valence electrons. The van der Waals surface area contributed by atoms with Crippen molar-refractivity contribution in [2.45, 2.75) is 12.6 Å². The summed E-state index contributed by atoms with van der Waals surface area (Å²) in [6.07, 6.45) is 0. The van der Waals surface area contributed by atoms with Gasteiger partial charge in [0.2, 0.25) is 0 Å². The topological polar surface area (TPSA) is 74.4 Å². The first-order chi connectivity index (χ1) is 14.3. The quantitative estimate of drug-likeness (QED) is 0.626. The van der Waals surface area contributed by atoms with Crippen LogP contribution in [0.25, 0.3) is 10.8 Å². The van der Waals surface area contributed by atoms with Crippen LogP contribution in [0, 0.1) is 17.5 Å². The number of carbonyl (C=O) groups is 1. The van der Waals surface area contributed by atoms with Crippen molar-refractivity contribution in [1.29, 1.82) is 0 Å². The molecule has 2 amide bonds. The SMILES string of the molecule is CN(C(=O)Nc1ccc(F)c(Cl)c1)[C@H]1COCc2[nH]c(=O)c3cc(F)c(F)cc3c21. The third kappa shape index (κ3) is 3.50. The van der Waals surface area contributed by atoms with Gasteiger partial charge in [0.05, 0.1) is 29.7 Å². The molecule has 0 bridgehead atoms. The largest absolute Gasteiger partial charge is 0.373 e. The van der Waals surface area contributed by atoms with Gasteiger partial charge < -0.3 is 19.9 Å². The Kier molecular flexibility index (Phi) is 5.17. The van der Waals surface area contributed by atoms with Gasteiger partial charge >= 0.3 is 6.03 Å². The van der Waals surface area contributed by atoms with Crippen molar-refractivity contribution in [3.63, 3.8) is 0 Å². The van der Waals surface area contributed by atoms with Crippen LogP contribution in [0.5, 0.6) is 0 Å². The number of likely N-dealkylation sites (N-methyl/N-ethyl adjacent to an activating group) is 1. The maximum Gasteiger partial charge on any atom is 0.322 e. The van der Waals surface area contributed by atoms with E-state index in [0.29, 0.717) is 11.3 Å². The molecular formula is C20H15ClF3N3O3. The number of rotatable bonds is 2. The highest BCUT2D eigenvalue weighted by Crippen LogP contribution is 2.34. The monoisotopic (exact) mass is 437 g/mol. The van der Waals surface area contributed by atoms with Gasteiger partial charge in [-0.25, -0.2) is 18.0 Å². The Balaban J connectivity index is 1.73. The maximum atomic E-state index is 13.9. The number of fused-ring (bicyclic) bond motifs is 3. The van der Waals surface area contributed by atoms with E-state index in [2.05, 4.69) is 10.3 Å². The number of ether oxygens (including phenoxy) is 1. The molecule has 3 aromatic rings. The van der Waals surface area contributed by atoms with Crippen LogP contribution in [0.4, 0.5) is 23.7 Å². The van der Waals surface area contributed by atoms with Gasteiger partial charge in [-0.3, -0.25) is 4.79 Å². The third-order valence-corrected chi connectivity index (χ3v) is 5.29. The van der Waals surface area contributed by atoms with Crippen LogP contribution in [0.1, 0.15) is 17.3 Å². The molecule has 1 aliphatic rings. The second kappa shape index (κ2) is 7.66. The van der Waals surface area contributed by atoms with Crippen molar-refractivity contribution in [3.8, 4) is 0 Å². The lowest BCUT2D eigenvalue weighted by atomic mass is 9.95. The highest BCUT2D eigenvalue weighted by Gasteiger charge is 2.31. The van der Waals surface area contributed by atoms with Gasteiger partial charge in [0.1, 0.15) is 5.82 Å². The number of aromatic amines is 1. The van der Waals surface area contributed by atoms with Gasteiger partial charge in [-0.05, 0) is 35.7 Å². The number of halogens is 4. The summed E-state index contributed by atoms with van der Waals surface area (Å²) >= 11 is 5.74. The van der Waals surface area contributed by atoms with Gasteiger partial charge in [-0.2, -0.15) is 0 Å². The third-order valence-electron chi connectivity index (χ3n) is 5.00. The number of H-pyrrole nitrogens is 1. The summed E-state index contributed by atoms with van der Waals surface area (Å²) in [5.41, 5.74) is 0.526. The van der Waals surface area contributed by atoms with Crippen LogP contribution < -0.4 is 10.9 Å². The normalized spacial score (nSPS) is 15.7. The minimum absolute atomic E-state index is 0.0290. The zero-order valence-electron chi connectivity index (χ0n) is 15.6. The summed E-state index contributed by atoms with van der Waals surface area (Å²) in [6.45, 7) is 0.125. The molecule has 0 spiro atoms. The standard InChI is InChI=1S/C20H15ClF3N3O3/c1-27(20(29)25-9-2-3-13(22)12(21)4-9)17-8-30-7-16-18(17)10-5-14(23)15(24)6-11(10)19(28)26-16/h2-6,17H,7-8H2,1H3,(H,25,29)(H,26,28)/t17-/m0/s1. The first-order valence-corrected chi connectivity index (χ1v) is 9.24. The number of pyridine rings is 1. The predicted molar refractivity (Wildman–Crippen MR) is 105 cm³/mol. The summed E-state index contributed by atoms with van der Waals surface area (Å²) in [4.78, 5) is 29.0. The highest BCUT2D eigenvalue weighted by atomic mass is 35.5. The molecule has 0 unspecified atom stereocenters. The van der Waals surface area contributed by atoms with Crippen LogP contribution in [-0.4, -0.2) is 29.6 Å². The van der Waals surface area contributed by atoms with E-state index < -0.39 is 35.1 Å². The van der Waals surface area contributed by atoms with Gasteiger partial charge in [0.15, 0.2) is 11.6 Å². The molecule has 6 nitrogen and oxygen atoms in total. The highest BCUT2D eigenvalue weighted by molar-refractivity contribution is 6.31. The number of hydrogen-bond donors (Lipinski definition) is 2. The van der Waals surface area contributed by atoms with Crippen molar-refractivity contribution in [1.82, 2.24) is 9.88 Å². The molecule has 2 N–H and O–H groups in total. The summed E-state index contributed by atoms with van der Waals surface area (Å²) in [5.74, 6) is -2.87. The fourth-order valence-electron chi connectivity index (χ4n) is 3.47. The van der Waals surface area contributed by atoms with E-state index in [-0.39, 0.29) is 34.7 Å². The number of anilines is 1. The average Bonchev–Trinajstić information content (AvgIpc) is 2.71. The molecule has 0 aliphatic carbocycles.